The van der Waals surface area contributed by atoms with E-state index in [0.717, 1.165) is 0 Å². The van der Waals surface area contributed by atoms with E-state index in [1.807, 2.05) is 0 Å². The first-order valence-corrected chi connectivity index (χ1v) is 6.64. The standard InChI is InChI=1S/C9H6N2O3.C7H6O3/c12-9-7(11(13)14)4-3-6-2-1-5-10-8(6)9;8-6-4-2-1-3-5(6)7(9)10/h1-5,12H;1-4,8H,(H,9,10). The molecule has 8 nitrogen and oxygen atoms in total. The Morgan fingerprint density at radius 1 is 1.04 bits per heavy atom. The van der Waals surface area contributed by atoms with Gasteiger partial charge < -0.3 is 15.3 Å². The first-order chi connectivity index (χ1) is 11.4. The number of hydrogen-bond acceptors (Lipinski definition) is 6. The maximum absolute atomic E-state index is 10.5. The van der Waals surface area contributed by atoms with Crippen LogP contribution >= 0.6 is 0 Å². The molecule has 0 fully saturated rings. The lowest BCUT2D eigenvalue weighted by Gasteiger charge is -1.99. The van der Waals surface area contributed by atoms with Crippen LogP contribution in [0.15, 0.2) is 54.7 Å². The van der Waals surface area contributed by atoms with Gasteiger partial charge in [-0.3, -0.25) is 15.1 Å². The number of phenolic OH excluding ortho intramolecular Hbond substituents is 1. The number of aromatic nitrogens is 1. The summed E-state index contributed by atoms with van der Waals surface area (Å²) in [5.74, 6) is -1.69. The number of fused-ring (bicyclic) bond motifs is 1. The molecule has 0 unspecified atom stereocenters. The van der Waals surface area contributed by atoms with E-state index >= 15 is 0 Å². The molecule has 0 aliphatic carbocycles. The Morgan fingerprint density at radius 2 is 1.75 bits per heavy atom. The summed E-state index contributed by atoms with van der Waals surface area (Å²) in [7, 11) is 0. The SMILES string of the molecule is O=C(O)c1ccccc1O.O=[N+]([O-])c1ccc2cccnc2c1O. The van der Waals surface area contributed by atoms with Gasteiger partial charge in [0.15, 0.2) is 0 Å². The number of benzene rings is 2. The van der Waals surface area contributed by atoms with Crippen molar-refractivity contribution in [3.63, 3.8) is 0 Å². The first kappa shape index (κ1) is 16.7. The van der Waals surface area contributed by atoms with Crippen molar-refractivity contribution < 1.29 is 25.0 Å². The van der Waals surface area contributed by atoms with Crippen LogP contribution in [0.5, 0.6) is 11.5 Å². The van der Waals surface area contributed by atoms with E-state index in [-0.39, 0.29) is 28.3 Å². The van der Waals surface area contributed by atoms with Gasteiger partial charge in [-0.1, -0.05) is 18.2 Å². The molecule has 0 aliphatic rings. The van der Waals surface area contributed by atoms with Crippen molar-refractivity contribution in [3.05, 3.63) is 70.4 Å². The highest BCUT2D eigenvalue weighted by atomic mass is 16.6. The fourth-order valence-corrected chi connectivity index (χ4v) is 1.92. The average molecular weight is 328 g/mol. The number of para-hydroxylation sites is 1. The molecule has 0 atom stereocenters. The molecule has 0 radical (unpaired) electrons. The zero-order valence-corrected chi connectivity index (χ0v) is 12.2. The monoisotopic (exact) mass is 328 g/mol. The van der Waals surface area contributed by atoms with Crippen molar-refractivity contribution in [3.8, 4) is 11.5 Å². The van der Waals surface area contributed by atoms with Gasteiger partial charge in [0.25, 0.3) is 0 Å². The number of carbonyl (C=O) groups is 1. The molecule has 0 saturated carbocycles. The Balaban J connectivity index is 0.000000185. The van der Waals surface area contributed by atoms with Gasteiger partial charge in [-0.05, 0) is 24.3 Å². The number of nitro groups is 1. The summed E-state index contributed by atoms with van der Waals surface area (Å²) in [4.78, 5) is 24.0. The zero-order chi connectivity index (χ0) is 17.7. The molecule has 2 aromatic carbocycles. The molecule has 1 heterocycles. The Hall–Kier alpha value is -3.68. The summed E-state index contributed by atoms with van der Waals surface area (Å²) >= 11 is 0. The van der Waals surface area contributed by atoms with Crippen molar-refractivity contribution in [2.45, 2.75) is 0 Å². The van der Waals surface area contributed by atoms with Crippen molar-refractivity contribution in [1.29, 1.82) is 0 Å². The first-order valence-electron chi connectivity index (χ1n) is 6.64. The molecule has 3 rings (SSSR count). The molecule has 0 bridgehead atoms. The van der Waals surface area contributed by atoms with Crippen LogP contribution in [0.4, 0.5) is 5.69 Å². The minimum Gasteiger partial charge on any atom is -0.507 e. The Kier molecular flexibility index (Phi) is 4.90. The Labute approximate surface area is 135 Å². The van der Waals surface area contributed by atoms with Crippen LogP contribution in [0.2, 0.25) is 0 Å². The second-order valence-electron chi connectivity index (χ2n) is 4.59. The fourth-order valence-electron chi connectivity index (χ4n) is 1.92. The van der Waals surface area contributed by atoms with Gasteiger partial charge in [-0.2, -0.15) is 0 Å². The molecular weight excluding hydrogens is 316 g/mol. The second-order valence-corrected chi connectivity index (χ2v) is 4.59. The van der Waals surface area contributed by atoms with Gasteiger partial charge in [0.05, 0.1) is 4.92 Å². The predicted octanol–water partition coefficient (Wildman–Crippen LogP) is 2.94. The fraction of sp³-hybridized carbons (Fsp3) is 0. The molecular formula is C16H12N2O6. The third-order valence-electron chi connectivity index (χ3n) is 3.06. The van der Waals surface area contributed by atoms with Crippen LogP contribution in [-0.2, 0) is 0 Å². The normalized spacial score (nSPS) is 9.83. The highest BCUT2D eigenvalue weighted by Crippen LogP contribution is 2.32. The lowest BCUT2D eigenvalue weighted by atomic mass is 10.2. The number of nitrogens with zero attached hydrogens (tertiary/aromatic N) is 2. The number of rotatable bonds is 2. The summed E-state index contributed by atoms with van der Waals surface area (Å²) in [6, 6.07) is 12.1. The molecule has 122 valence electrons. The Bertz CT molecular complexity index is 910. The van der Waals surface area contributed by atoms with Crippen LogP contribution in [0, 0.1) is 10.1 Å². The van der Waals surface area contributed by atoms with Crippen molar-refractivity contribution >= 4 is 22.6 Å². The lowest BCUT2D eigenvalue weighted by Crippen LogP contribution is -1.95. The number of phenols is 2. The van der Waals surface area contributed by atoms with Crippen LogP contribution in [0.25, 0.3) is 10.9 Å². The molecule has 0 saturated heterocycles. The number of aromatic hydroxyl groups is 2. The Morgan fingerprint density at radius 3 is 2.33 bits per heavy atom. The summed E-state index contributed by atoms with van der Waals surface area (Å²) in [6.07, 6.45) is 1.48. The number of carboxylic acids is 1. The topological polar surface area (TPSA) is 134 Å². The third-order valence-corrected chi connectivity index (χ3v) is 3.06. The quantitative estimate of drug-likeness (QED) is 0.486. The molecule has 0 spiro atoms. The van der Waals surface area contributed by atoms with Crippen LogP contribution in [0.3, 0.4) is 0 Å². The lowest BCUT2D eigenvalue weighted by molar-refractivity contribution is -0.385. The molecule has 3 N–H and O–H groups in total. The molecule has 1 aromatic heterocycles. The second kappa shape index (κ2) is 7.05. The highest BCUT2D eigenvalue weighted by molar-refractivity contribution is 5.90. The summed E-state index contributed by atoms with van der Waals surface area (Å²) in [5.41, 5.74) is -0.139. The summed E-state index contributed by atoms with van der Waals surface area (Å²) in [6.45, 7) is 0. The highest BCUT2D eigenvalue weighted by Gasteiger charge is 2.15. The van der Waals surface area contributed by atoms with Crippen molar-refractivity contribution in [2.75, 3.05) is 0 Å². The number of carboxylic acid groups (broad SMARTS) is 1. The number of aromatic carboxylic acids is 1. The van der Waals surface area contributed by atoms with E-state index < -0.39 is 10.9 Å². The largest absolute Gasteiger partial charge is 0.507 e. The maximum Gasteiger partial charge on any atom is 0.339 e. The minimum atomic E-state index is -1.11. The molecule has 0 amide bonds. The van der Waals surface area contributed by atoms with Gasteiger partial charge in [0.2, 0.25) is 5.75 Å². The zero-order valence-electron chi connectivity index (χ0n) is 12.2. The minimum absolute atomic E-state index is 0.0671. The van der Waals surface area contributed by atoms with Crippen molar-refractivity contribution in [1.82, 2.24) is 4.98 Å². The number of pyridine rings is 1. The van der Waals surface area contributed by atoms with E-state index in [2.05, 4.69) is 4.98 Å². The van der Waals surface area contributed by atoms with Gasteiger partial charge in [0.1, 0.15) is 16.8 Å². The summed E-state index contributed by atoms with van der Waals surface area (Å²) < 4.78 is 0. The van der Waals surface area contributed by atoms with Gasteiger partial charge in [-0.15, -0.1) is 0 Å². The third kappa shape index (κ3) is 3.55. The van der Waals surface area contributed by atoms with Gasteiger partial charge in [0, 0.05) is 17.6 Å². The molecule has 24 heavy (non-hydrogen) atoms. The van der Waals surface area contributed by atoms with E-state index in [9.17, 15) is 20.0 Å². The smallest absolute Gasteiger partial charge is 0.339 e. The van der Waals surface area contributed by atoms with E-state index in [1.165, 1.54) is 24.4 Å². The van der Waals surface area contributed by atoms with E-state index in [1.54, 1.807) is 30.3 Å². The number of hydrogen-bond donors (Lipinski definition) is 3. The summed E-state index contributed by atoms with van der Waals surface area (Å²) in [5, 5.41) is 38.0. The molecule has 3 aromatic rings. The van der Waals surface area contributed by atoms with Gasteiger partial charge >= 0.3 is 11.7 Å². The molecule has 0 aliphatic heterocycles. The average Bonchev–Trinajstić information content (AvgIpc) is 2.56. The van der Waals surface area contributed by atoms with Crippen LogP contribution in [0.1, 0.15) is 10.4 Å². The van der Waals surface area contributed by atoms with E-state index in [0.29, 0.717) is 5.39 Å². The van der Waals surface area contributed by atoms with E-state index in [4.69, 9.17) is 10.2 Å². The number of nitro benzene ring substituents is 1. The maximum atomic E-state index is 10.5. The van der Waals surface area contributed by atoms with Crippen LogP contribution in [-0.4, -0.2) is 31.2 Å². The van der Waals surface area contributed by atoms with Crippen molar-refractivity contribution in [2.24, 2.45) is 0 Å². The predicted molar refractivity (Wildman–Crippen MR) is 85.1 cm³/mol. The molecule has 8 heteroatoms. The van der Waals surface area contributed by atoms with Crippen LogP contribution < -0.4 is 0 Å². The van der Waals surface area contributed by atoms with Gasteiger partial charge in [-0.25, -0.2) is 4.79 Å².